The highest BCUT2D eigenvalue weighted by atomic mass is 16.7. The van der Waals surface area contributed by atoms with E-state index in [1.54, 1.807) is 24.4 Å². The van der Waals surface area contributed by atoms with E-state index in [1.165, 1.54) is 0 Å². The number of carbonyl (C=O) groups excluding carboxylic acids is 1. The summed E-state index contributed by atoms with van der Waals surface area (Å²) in [6.07, 6.45) is 1.80. The third kappa shape index (κ3) is 3.65. The van der Waals surface area contributed by atoms with Gasteiger partial charge in [-0.3, -0.25) is 4.79 Å². The molecule has 1 aromatic carbocycles. The molecule has 29 heavy (non-hydrogen) atoms. The van der Waals surface area contributed by atoms with Crippen LogP contribution in [0.15, 0.2) is 30.5 Å². The van der Waals surface area contributed by atoms with Crippen LogP contribution in [0.2, 0.25) is 0 Å². The summed E-state index contributed by atoms with van der Waals surface area (Å²) in [7, 11) is 0. The smallest absolute Gasteiger partial charge is 0.254 e. The van der Waals surface area contributed by atoms with Gasteiger partial charge in [-0.25, -0.2) is 0 Å². The summed E-state index contributed by atoms with van der Waals surface area (Å²) in [5, 5.41) is 8.50. The molecule has 3 aliphatic heterocycles. The second-order valence-electron chi connectivity index (χ2n) is 7.22. The number of benzene rings is 1. The molecule has 9 nitrogen and oxygen atoms in total. The molecule has 152 valence electrons. The molecule has 0 bridgehead atoms. The number of ether oxygens (including phenoxy) is 3. The van der Waals surface area contributed by atoms with Crippen molar-refractivity contribution in [3.8, 4) is 11.5 Å². The molecular formula is C20H23N5O4. The SMILES string of the molecule is O=C(c1ccc2c(c1)OCO2)N1CCN(c2cc(N3CCOCC3)cnn2)CC1. The van der Waals surface area contributed by atoms with Crippen LogP contribution >= 0.6 is 0 Å². The van der Waals surface area contributed by atoms with Crippen LogP contribution in [-0.4, -0.2) is 80.3 Å². The summed E-state index contributed by atoms with van der Waals surface area (Å²) in [5.74, 6) is 2.18. The van der Waals surface area contributed by atoms with Crippen molar-refractivity contribution in [2.24, 2.45) is 0 Å². The van der Waals surface area contributed by atoms with E-state index in [9.17, 15) is 4.79 Å². The fraction of sp³-hybridized carbons (Fsp3) is 0.450. The number of hydrogen-bond acceptors (Lipinski definition) is 8. The fourth-order valence-electron chi connectivity index (χ4n) is 3.85. The van der Waals surface area contributed by atoms with Crippen LogP contribution in [0.4, 0.5) is 11.5 Å². The van der Waals surface area contributed by atoms with Gasteiger partial charge in [0, 0.05) is 50.9 Å². The molecule has 0 atom stereocenters. The minimum atomic E-state index is 0.0103. The van der Waals surface area contributed by atoms with Crippen LogP contribution in [0.25, 0.3) is 0 Å². The lowest BCUT2D eigenvalue weighted by molar-refractivity contribution is 0.0746. The Morgan fingerprint density at radius 1 is 0.897 bits per heavy atom. The Morgan fingerprint density at radius 2 is 1.69 bits per heavy atom. The van der Waals surface area contributed by atoms with Crippen LogP contribution in [-0.2, 0) is 4.74 Å². The molecule has 0 saturated carbocycles. The number of hydrogen-bond donors (Lipinski definition) is 0. The van der Waals surface area contributed by atoms with Crippen molar-refractivity contribution in [1.29, 1.82) is 0 Å². The number of morpholine rings is 1. The zero-order chi connectivity index (χ0) is 19.6. The molecule has 9 heteroatoms. The van der Waals surface area contributed by atoms with Gasteiger partial charge in [0.05, 0.1) is 25.1 Å². The molecule has 1 amide bonds. The third-order valence-corrected chi connectivity index (χ3v) is 5.51. The first kappa shape index (κ1) is 18.0. The molecule has 0 N–H and O–H groups in total. The summed E-state index contributed by atoms with van der Waals surface area (Å²) in [4.78, 5) is 19.2. The van der Waals surface area contributed by atoms with Crippen molar-refractivity contribution in [2.75, 3.05) is 69.1 Å². The van der Waals surface area contributed by atoms with Gasteiger partial charge in [-0.15, -0.1) is 5.10 Å². The lowest BCUT2D eigenvalue weighted by Crippen LogP contribution is -2.49. The molecule has 0 radical (unpaired) electrons. The number of rotatable bonds is 3. The summed E-state index contributed by atoms with van der Waals surface area (Å²) in [6, 6.07) is 7.42. The van der Waals surface area contributed by atoms with E-state index in [0.29, 0.717) is 30.2 Å². The van der Waals surface area contributed by atoms with E-state index < -0.39 is 0 Å². The average molecular weight is 397 g/mol. The maximum atomic E-state index is 12.9. The Labute approximate surface area is 168 Å². The van der Waals surface area contributed by atoms with E-state index in [2.05, 4.69) is 26.1 Å². The molecule has 0 unspecified atom stereocenters. The van der Waals surface area contributed by atoms with Crippen LogP contribution in [0, 0.1) is 0 Å². The van der Waals surface area contributed by atoms with Crippen LogP contribution in [0.1, 0.15) is 10.4 Å². The highest BCUT2D eigenvalue weighted by Crippen LogP contribution is 2.33. The Balaban J connectivity index is 1.23. The second-order valence-corrected chi connectivity index (χ2v) is 7.22. The van der Waals surface area contributed by atoms with E-state index in [-0.39, 0.29) is 12.7 Å². The van der Waals surface area contributed by atoms with Crippen LogP contribution in [0.5, 0.6) is 11.5 Å². The van der Waals surface area contributed by atoms with Gasteiger partial charge in [0.1, 0.15) is 0 Å². The summed E-state index contributed by atoms with van der Waals surface area (Å²) in [5.41, 5.74) is 1.69. The quantitative estimate of drug-likeness (QED) is 0.759. The Hall–Kier alpha value is -3.07. The normalized spacial score (nSPS) is 18.8. The van der Waals surface area contributed by atoms with Gasteiger partial charge in [-0.2, -0.15) is 5.10 Å². The first-order valence-corrected chi connectivity index (χ1v) is 9.87. The van der Waals surface area contributed by atoms with E-state index in [0.717, 1.165) is 50.9 Å². The molecular weight excluding hydrogens is 374 g/mol. The van der Waals surface area contributed by atoms with E-state index in [4.69, 9.17) is 14.2 Å². The first-order chi connectivity index (χ1) is 14.3. The standard InChI is InChI=1S/C20H23N5O4/c26-20(15-1-2-17-18(11-15)29-14-28-17)25-5-3-24(4-6-25)19-12-16(13-21-22-19)23-7-9-27-10-8-23/h1-2,11-13H,3-10,14H2. The number of anilines is 2. The average Bonchev–Trinajstić information content (AvgIpc) is 3.27. The molecule has 0 spiro atoms. The minimum Gasteiger partial charge on any atom is -0.454 e. The van der Waals surface area contributed by atoms with Crippen molar-refractivity contribution in [1.82, 2.24) is 15.1 Å². The Morgan fingerprint density at radius 3 is 2.52 bits per heavy atom. The largest absolute Gasteiger partial charge is 0.454 e. The molecule has 2 saturated heterocycles. The van der Waals surface area contributed by atoms with Gasteiger partial charge in [0.15, 0.2) is 17.3 Å². The third-order valence-electron chi connectivity index (χ3n) is 5.51. The van der Waals surface area contributed by atoms with Gasteiger partial charge in [-0.1, -0.05) is 0 Å². The molecule has 2 fully saturated rings. The lowest BCUT2D eigenvalue weighted by Gasteiger charge is -2.36. The van der Waals surface area contributed by atoms with Crippen molar-refractivity contribution in [3.05, 3.63) is 36.0 Å². The lowest BCUT2D eigenvalue weighted by atomic mass is 10.1. The van der Waals surface area contributed by atoms with Gasteiger partial charge in [0.2, 0.25) is 6.79 Å². The Kier molecular flexibility index (Phi) is 4.81. The van der Waals surface area contributed by atoms with Gasteiger partial charge in [0.25, 0.3) is 5.91 Å². The molecule has 5 rings (SSSR count). The van der Waals surface area contributed by atoms with Crippen LogP contribution in [0.3, 0.4) is 0 Å². The number of nitrogens with zero attached hydrogens (tertiary/aromatic N) is 5. The highest BCUT2D eigenvalue weighted by molar-refractivity contribution is 5.95. The summed E-state index contributed by atoms with van der Waals surface area (Å²) < 4.78 is 16.1. The molecule has 1 aromatic heterocycles. The topological polar surface area (TPSA) is 80.3 Å². The fourth-order valence-corrected chi connectivity index (χ4v) is 3.85. The monoisotopic (exact) mass is 397 g/mol. The van der Waals surface area contributed by atoms with Gasteiger partial charge >= 0.3 is 0 Å². The minimum absolute atomic E-state index is 0.0103. The van der Waals surface area contributed by atoms with E-state index >= 15 is 0 Å². The first-order valence-electron chi connectivity index (χ1n) is 9.87. The predicted molar refractivity (Wildman–Crippen MR) is 106 cm³/mol. The van der Waals surface area contributed by atoms with Gasteiger partial charge < -0.3 is 28.9 Å². The molecule has 2 aromatic rings. The zero-order valence-corrected chi connectivity index (χ0v) is 16.1. The maximum Gasteiger partial charge on any atom is 0.254 e. The van der Waals surface area contributed by atoms with E-state index in [1.807, 2.05) is 4.90 Å². The number of amides is 1. The Bertz CT molecular complexity index is 894. The van der Waals surface area contributed by atoms with Crippen molar-refractivity contribution in [2.45, 2.75) is 0 Å². The molecule has 4 heterocycles. The van der Waals surface area contributed by atoms with Crippen molar-refractivity contribution >= 4 is 17.4 Å². The van der Waals surface area contributed by atoms with Gasteiger partial charge in [-0.05, 0) is 18.2 Å². The molecule has 3 aliphatic rings. The summed E-state index contributed by atoms with van der Waals surface area (Å²) >= 11 is 0. The summed E-state index contributed by atoms with van der Waals surface area (Å²) in [6.45, 7) is 6.11. The number of aromatic nitrogens is 2. The predicted octanol–water partition coefficient (Wildman–Crippen LogP) is 1.00. The maximum absolute atomic E-state index is 12.9. The highest BCUT2D eigenvalue weighted by Gasteiger charge is 2.25. The number of carbonyl (C=O) groups is 1. The number of piperazine rings is 1. The van der Waals surface area contributed by atoms with Crippen LogP contribution < -0.4 is 19.3 Å². The second kappa shape index (κ2) is 7.75. The van der Waals surface area contributed by atoms with Crippen molar-refractivity contribution in [3.63, 3.8) is 0 Å². The zero-order valence-electron chi connectivity index (χ0n) is 16.1. The number of fused-ring (bicyclic) bond motifs is 1. The molecule has 0 aliphatic carbocycles. The van der Waals surface area contributed by atoms with Crippen molar-refractivity contribution < 1.29 is 19.0 Å².